The molecule has 0 amide bonds. The summed E-state index contributed by atoms with van der Waals surface area (Å²) in [7, 11) is 0. The zero-order valence-corrected chi connectivity index (χ0v) is 13.5. The SMILES string of the molecule is CCNC(=NCC(F)F)N1CCC2(CCOC2)C1.I. The molecule has 2 aliphatic heterocycles. The molecular weight excluding hydrogens is 367 g/mol. The fourth-order valence-electron chi connectivity index (χ4n) is 2.67. The van der Waals surface area contributed by atoms with Gasteiger partial charge in [-0.25, -0.2) is 13.8 Å². The molecule has 2 aliphatic rings. The number of rotatable bonds is 3. The molecule has 0 saturated carbocycles. The number of alkyl halides is 2. The molecule has 1 atom stereocenters. The quantitative estimate of drug-likeness (QED) is 0.456. The second-order valence-electron chi connectivity index (χ2n) is 5.06. The Kier molecular flexibility index (Phi) is 6.72. The normalized spacial score (nSPS) is 27.2. The first-order valence-electron chi connectivity index (χ1n) is 6.54. The molecule has 2 fully saturated rings. The number of aliphatic imine (C=N–C) groups is 1. The van der Waals surface area contributed by atoms with E-state index in [-0.39, 0.29) is 29.4 Å². The maximum absolute atomic E-state index is 12.2. The minimum absolute atomic E-state index is 0. The molecular formula is C12H22F2IN3O. The molecule has 1 N–H and O–H groups in total. The third-order valence-corrected chi connectivity index (χ3v) is 3.64. The van der Waals surface area contributed by atoms with Crippen molar-refractivity contribution in [2.45, 2.75) is 26.2 Å². The number of nitrogens with one attached hydrogen (secondary N) is 1. The third kappa shape index (κ3) is 4.40. The lowest BCUT2D eigenvalue weighted by Gasteiger charge is -2.24. The summed E-state index contributed by atoms with van der Waals surface area (Å²) < 4.78 is 29.9. The van der Waals surface area contributed by atoms with E-state index in [1.807, 2.05) is 6.92 Å². The Labute approximate surface area is 130 Å². The third-order valence-electron chi connectivity index (χ3n) is 3.64. The average Bonchev–Trinajstić information content (AvgIpc) is 2.96. The average molecular weight is 389 g/mol. The van der Waals surface area contributed by atoms with Crippen molar-refractivity contribution in [3.8, 4) is 0 Å². The Hall–Kier alpha value is -0.180. The highest BCUT2D eigenvalue weighted by Crippen LogP contribution is 2.38. The largest absolute Gasteiger partial charge is 0.381 e. The van der Waals surface area contributed by atoms with Crippen LogP contribution in [-0.2, 0) is 4.74 Å². The topological polar surface area (TPSA) is 36.9 Å². The van der Waals surface area contributed by atoms with Crippen LogP contribution in [0.15, 0.2) is 4.99 Å². The van der Waals surface area contributed by atoms with E-state index in [0.717, 1.165) is 39.1 Å². The van der Waals surface area contributed by atoms with Crippen molar-refractivity contribution in [1.82, 2.24) is 10.2 Å². The van der Waals surface area contributed by atoms with Crippen LogP contribution in [0.25, 0.3) is 0 Å². The lowest BCUT2D eigenvalue weighted by atomic mass is 9.87. The molecule has 0 aromatic heterocycles. The van der Waals surface area contributed by atoms with Gasteiger partial charge in [-0.15, -0.1) is 24.0 Å². The second-order valence-corrected chi connectivity index (χ2v) is 5.06. The molecule has 7 heteroatoms. The first-order chi connectivity index (χ1) is 8.65. The molecule has 0 radical (unpaired) electrons. The molecule has 0 aromatic carbocycles. The van der Waals surface area contributed by atoms with Crippen molar-refractivity contribution in [2.75, 3.05) is 39.4 Å². The molecule has 1 spiro atoms. The first-order valence-corrected chi connectivity index (χ1v) is 6.54. The van der Waals surface area contributed by atoms with Crippen LogP contribution >= 0.6 is 24.0 Å². The Balaban J connectivity index is 0.00000180. The highest BCUT2D eigenvalue weighted by Gasteiger charge is 2.42. The van der Waals surface area contributed by atoms with Crippen molar-refractivity contribution < 1.29 is 13.5 Å². The van der Waals surface area contributed by atoms with Gasteiger partial charge >= 0.3 is 0 Å². The standard InChI is InChI=1S/C12H21F2N3O.HI/c1-2-15-11(16-7-10(13)14)17-5-3-12(8-17)4-6-18-9-12;/h10H,2-9H2,1H3,(H,15,16);1H. The van der Waals surface area contributed by atoms with Crippen molar-refractivity contribution in [3.05, 3.63) is 0 Å². The minimum atomic E-state index is -2.38. The van der Waals surface area contributed by atoms with E-state index in [0.29, 0.717) is 12.5 Å². The van der Waals surface area contributed by atoms with Crippen LogP contribution in [0.5, 0.6) is 0 Å². The van der Waals surface area contributed by atoms with Crippen LogP contribution in [0.3, 0.4) is 0 Å². The summed E-state index contributed by atoms with van der Waals surface area (Å²) in [4.78, 5) is 6.07. The maximum Gasteiger partial charge on any atom is 0.257 e. The molecule has 112 valence electrons. The van der Waals surface area contributed by atoms with Gasteiger partial charge in [-0.05, 0) is 19.8 Å². The van der Waals surface area contributed by atoms with Gasteiger partial charge in [0.15, 0.2) is 5.96 Å². The first kappa shape index (κ1) is 16.9. The number of guanidine groups is 1. The highest BCUT2D eigenvalue weighted by molar-refractivity contribution is 14.0. The lowest BCUT2D eigenvalue weighted by Crippen LogP contribution is -2.41. The van der Waals surface area contributed by atoms with Crippen molar-refractivity contribution in [2.24, 2.45) is 10.4 Å². The second kappa shape index (κ2) is 7.56. The van der Waals surface area contributed by atoms with Crippen molar-refractivity contribution >= 4 is 29.9 Å². The zero-order valence-electron chi connectivity index (χ0n) is 11.2. The van der Waals surface area contributed by atoms with Crippen LogP contribution in [0.2, 0.25) is 0 Å². The van der Waals surface area contributed by atoms with Crippen LogP contribution in [-0.4, -0.2) is 56.7 Å². The smallest absolute Gasteiger partial charge is 0.257 e. The van der Waals surface area contributed by atoms with Crippen LogP contribution in [0, 0.1) is 5.41 Å². The molecule has 2 saturated heterocycles. The van der Waals surface area contributed by atoms with Crippen LogP contribution in [0.1, 0.15) is 19.8 Å². The van der Waals surface area contributed by atoms with E-state index in [2.05, 4.69) is 15.2 Å². The van der Waals surface area contributed by atoms with Crippen LogP contribution in [0.4, 0.5) is 8.78 Å². The van der Waals surface area contributed by atoms with E-state index in [1.54, 1.807) is 0 Å². The van der Waals surface area contributed by atoms with Gasteiger partial charge in [0.25, 0.3) is 6.43 Å². The Morgan fingerprint density at radius 3 is 2.84 bits per heavy atom. The van der Waals surface area contributed by atoms with E-state index >= 15 is 0 Å². The van der Waals surface area contributed by atoms with Gasteiger partial charge in [0.2, 0.25) is 0 Å². The van der Waals surface area contributed by atoms with Crippen LogP contribution < -0.4 is 5.32 Å². The van der Waals surface area contributed by atoms with E-state index in [4.69, 9.17) is 4.74 Å². The molecule has 2 rings (SSSR count). The predicted octanol–water partition coefficient (Wildman–Crippen LogP) is 1.95. The number of nitrogens with zero attached hydrogens (tertiary/aromatic N) is 2. The van der Waals surface area contributed by atoms with Gasteiger partial charge in [-0.3, -0.25) is 0 Å². The number of ether oxygens (including phenoxy) is 1. The molecule has 1 unspecified atom stereocenters. The molecule has 0 aromatic rings. The number of hydrogen-bond donors (Lipinski definition) is 1. The van der Waals surface area contributed by atoms with Crippen molar-refractivity contribution in [3.63, 3.8) is 0 Å². The van der Waals surface area contributed by atoms with Gasteiger partial charge in [0.05, 0.1) is 6.61 Å². The summed E-state index contributed by atoms with van der Waals surface area (Å²) in [5, 5.41) is 3.09. The van der Waals surface area contributed by atoms with Crippen molar-refractivity contribution in [1.29, 1.82) is 0 Å². The van der Waals surface area contributed by atoms with Gasteiger partial charge in [-0.2, -0.15) is 0 Å². The number of likely N-dealkylation sites (tertiary alicyclic amines) is 1. The Bertz CT molecular complexity index is 309. The number of hydrogen-bond acceptors (Lipinski definition) is 2. The summed E-state index contributed by atoms with van der Waals surface area (Å²) in [5.41, 5.74) is 0.223. The molecule has 0 aliphatic carbocycles. The van der Waals surface area contributed by atoms with Gasteiger partial charge in [0, 0.05) is 31.7 Å². The van der Waals surface area contributed by atoms with Gasteiger partial charge in [-0.1, -0.05) is 0 Å². The Morgan fingerprint density at radius 1 is 1.47 bits per heavy atom. The summed E-state index contributed by atoms with van der Waals surface area (Å²) in [5.74, 6) is 0.613. The minimum Gasteiger partial charge on any atom is -0.381 e. The molecule has 2 heterocycles. The molecule has 0 bridgehead atoms. The fourth-order valence-corrected chi connectivity index (χ4v) is 2.67. The Morgan fingerprint density at radius 2 is 2.26 bits per heavy atom. The highest BCUT2D eigenvalue weighted by atomic mass is 127. The van der Waals surface area contributed by atoms with E-state index < -0.39 is 13.0 Å². The molecule has 19 heavy (non-hydrogen) atoms. The van der Waals surface area contributed by atoms with Gasteiger partial charge in [0.1, 0.15) is 6.54 Å². The monoisotopic (exact) mass is 389 g/mol. The maximum atomic E-state index is 12.2. The van der Waals surface area contributed by atoms with E-state index in [1.165, 1.54) is 0 Å². The summed E-state index contributed by atoms with van der Waals surface area (Å²) >= 11 is 0. The number of halogens is 3. The molecule has 4 nitrogen and oxygen atoms in total. The van der Waals surface area contributed by atoms with E-state index in [9.17, 15) is 8.78 Å². The summed E-state index contributed by atoms with van der Waals surface area (Å²) in [6.07, 6.45) is -0.255. The zero-order chi connectivity index (χ0) is 13.0. The predicted molar refractivity (Wildman–Crippen MR) is 81.5 cm³/mol. The lowest BCUT2D eigenvalue weighted by molar-refractivity contribution is 0.155. The summed E-state index contributed by atoms with van der Waals surface area (Å²) in [6.45, 7) is 5.56. The summed E-state index contributed by atoms with van der Waals surface area (Å²) in [6, 6.07) is 0. The van der Waals surface area contributed by atoms with Gasteiger partial charge < -0.3 is 15.0 Å². The fraction of sp³-hybridized carbons (Fsp3) is 0.917.